The highest BCUT2D eigenvalue weighted by Crippen LogP contribution is 2.55. The second-order valence-corrected chi connectivity index (χ2v) is 7.98. The molecule has 138 valence electrons. The molecule has 2 heterocycles. The van der Waals surface area contributed by atoms with E-state index in [1.807, 2.05) is 35.2 Å². The average Bonchev–Trinajstić information content (AvgIpc) is 3.29. The Morgan fingerprint density at radius 1 is 1.00 bits per heavy atom. The summed E-state index contributed by atoms with van der Waals surface area (Å²) < 4.78 is 0. The molecule has 6 nitrogen and oxygen atoms in total. The fraction of sp³-hybridized carbons (Fsp3) is 0.429. The van der Waals surface area contributed by atoms with Crippen LogP contribution in [0, 0.1) is 5.92 Å². The number of carbonyl (C=O) groups excluding carboxylic acids is 2. The van der Waals surface area contributed by atoms with E-state index in [1.165, 1.54) is 6.42 Å². The molecule has 4 aliphatic rings. The lowest BCUT2D eigenvalue weighted by Gasteiger charge is -2.50. The Morgan fingerprint density at radius 2 is 1.81 bits per heavy atom. The minimum absolute atomic E-state index is 0.0133. The molecule has 6 rings (SSSR count). The summed E-state index contributed by atoms with van der Waals surface area (Å²) in [5.74, 6) is 0.0275. The van der Waals surface area contributed by atoms with Gasteiger partial charge in [-0.25, -0.2) is 0 Å². The number of amides is 2. The van der Waals surface area contributed by atoms with Crippen molar-refractivity contribution >= 4 is 11.8 Å². The normalized spacial score (nSPS) is 27.0. The summed E-state index contributed by atoms with van der Waals surface area (Å²) in [7, 11) is 0. The largest absolute Gasteiger partial charge is 0.327 e. The lowest BCUT2D eigenvalue weighted by molar-refractivity contribution is -0.163. The maximum atomic E-state index is 12.7. The third-order valence-corrected chi connectivity index (χ3v) is 6.36. The van der Waals surface area contributed by atoms with Gasteiger partial charge in [0, 0.05) is 24.2 Å². The summed E-state index contributed by atoms with van der Waals surface area (Å²) in [6.07, 6.45) is 7.84. The van der Waals surface area contributed by atoms with Gasteiger partial charge in [-0.3, -0.25) is 19.6 Å². The predicted molar refractivity (Wildman–Crippen MR) is 99.3 cm³/mol. The number of hydrogen-bond donors (Lipinski definition) is 0. The molecule has 1 saturated heterocycles. The molecule has 0 N–H and O–H groups in total. The van der Waals surface area contributed by atoms with Gasteiger partial charge in [-0.05, 0) is 31.6 Å². The standard InChI is InChI=1S/C21H22N4O2/c26-19-20(27)25(21-7-6-15(10-21)11-21)9-8-24(19)14-17-12-23-18(13-22-17)16-4-2-1-3-5-16/h1-5,12-13,15H,6-11,14H2. The van der Waals surface area contributed by atoms with Gasteiger partial charge < -0.3 is 9.80 Å². The number of nitrogens with zero attached hydrogens (tertiary/aromatic N) is 4. The van der Waals surface area contributed by atoms with Crippen LogP contribution in [0.25, 0.3) is 11.3 Å². The molecule has 0 unspecified atom stereocenters. The zero-order valence-electron chi connectivity index (χ0n) is 15.2. The van der Waals surface area contributed by atoms with Crippen LogP contribution in [0.4, 0.5) is 0 Å². The number of rotatable bonds is 4. The van der Waals surface area contributed by atoms with E-state index in [0.29, 0.717) is 25.3 Å². The first-order chi connectivity index (χ1) is 13.1. The van der Waals surface area contributed by atoms with Gasteiger partial charge in [0.15, 0.2) is 0 Å². The van der Waals surface area contributed by atoms with Crippen molar-refractivity contribution in [3.8, 4) is 11.3 Å². The molecule has 0 spiro atoms. The van der Waals surface area contributed by atoms with Gasteiger partial charge in [-0.2, -0.15) is 0 Å². The molecule has 2 amide bonds. The molecule has 3 aliphatic carbocycles. The number of hydrogen-bond acceptors (Lipinski definition) is 4. The highest BCUT2D eigenvalue weighted by atomic mass is 16.2. The van der Waals surface area contributed by atoms with Crippen LogP contribution in [0.5, 0.6) is 0 Å². The fourth-order valence-corrected chi connectivity index (χ4v) is 4.92. The number of aromatic nitrogens is 2. The maximum absolute atomic E-state index is 12.7. The van der Waals surface area contributed by atoms with Gasteiger partial charge in [0.25, 0.3) is 0 Å². The molecular formula is C21H22N4O2. The van der Waals surface area contributed by atoms with Crippen LogP contribution in [0.1, 0.15) is 31.4 Å². The number of carbonyl (C=O) groups is 2. The minimum atomic E-state index is -0.403. The van der Waals surface area contributed by atoms with Gasteiger partial charge in [-0.15, -0.1) is 0 Å². The van der Waals surface area contributed by atoms with Crippen LogP contribution in [0.2, 0.25) is 0 Å². The lowest BCUT2D eigenvalue weighted by atomic mass is 9.75. The van der Waals surface area contributed by atoms with Crippen LogP contribution in [-0.4, -0.2) is 50.2 Å². The van der Waals surface area contributed by atoms with Crippen LogP contribution >= 0.6 is 0 Å². The summed E-state index contributed by atoms with van der Waals surface area (Å²) in [5, 5.41) is 0. The molecule has 2 aromatic rings. The molecule has 27 heavy (non-hydrogen) atoms. The van der Waals surface area contributed by atoms with Crippen molar-refractivity contribution in [3.05, 3.63) is 48.4 Å². The third-order valence-electron chi connectivity index (χ3n) is 6.36. The SMILES string of the molecule is O=C1C(=O)N(C23CCC(C2)C3)CCN1Cc1cnc(-c2ccccc2)cn1. The van der Waals surface area contributed by atoms with E-state index in [4.69, 9.17) is 0 Å². The van der Waals surface area contributed by atoms with Gasteiger partial charge in [0.1, 0.15) is 0 Å². The molecule has 1 aromatic carbocycles. The van der Waals surface area contributed by atoms with E-state index < -0.39 is 5.91 Å². The van der Waals surface area contributed by atoms with Crippen molar-refractivity contribution in [2.75, 3.05) is 13.1 Å². The molecule has 3 saturated carbocycles. The van der Waals surface area contributed by atoms with Crippen molar-refractivity contribution in [1.29, 1.82) is 0 Å². The Bertz CT molecular complexity index is 869. The molecule has 1 aliphatic heterocycles. The van der Waals surface area contributed by atoms with Crippen molar-refractivity contribution in [2.24, 2.45) is 5.92 Å². The summed E-state index contributed by atoms with van der Waals surface area (Å²) >= 11 is 0. The van der Waals surface area contributed by atoms with Crippen LogP contribution in [-0.2, 0) is 16.1 Å². The maximum Gasteiger partial charge on any atom is 0.312 e. The molecular weight excluding hydrogens is 340 g/mol. The van der Waals surface area contributed by atoms with Crippen molar-refractivity contribution in [2.45, 2.75) is 37.8 Å². The minimum Gasteiger partial charge on any atom is -0.327 e. The summed E-state index contributed by atoms with van der Waals surface area (Å²) in [6, 6.07) is 9.85. The smallest absolute Gasteiger partial charge is 0.312 e. The highest BCUT2D eigenvalue weighted by Gasteiger charge is 2.57. The molecule has 1 aromatic heterocycles. The Hall–Kier alpha value is -2.76. The van der Waals surface area contributed by atoms with Gasteiger partial charge in [0.05, 0.1) is 30.3 Å². The molecule has 6 heteroatoms. The van der Waals surface area contributed by atoms with E-state index in [9.17, 15) is 9.59 Å². The van der Waals surface area contributed by atoms with Crippen molar-refractivity contribution in [3.63, 3.8) is 0 Å². The van der Waals surface area contributed by atoms with Gasteiger partial charge in [-0.1, -0.05) is 30.3 Å². The molecule has 2 bridgehead atoms. The Labute approximate surface area is 158 Å². The van der Waals surface area contributed by atoms with E-state index in [-0.39, 0.29) is 11.4 Å². The predicted octanol–water partition coefficient (Wildman–Crippen LogP) is 2.26. The summed E-state index contributed by atoms with van der Waals surface area (Å²) in [5.41, 5.74) is 2.49. The first-order valence-electron chi connectivity index (χ1n) is 9.62. The monoisotopic (exact) mass is 362 g/mol. The quantitative estimate of drug-likeness (QED) is 0.783. The van der Waals surface area contributed by atoms with Crippen molar-refractivity contribution in [1.82, 2.24) is 19.8 Å². The summed E-state index contributed by atoms with van der Waals surface area (Å²) in [4.78, 5) is 37.7. The van der Waals surface area contributed by atoms with Crippen LogP contribution in [0.3, 0.4) is 0 Å². The Balaban J connectivity index is 1.26. The fourth-order valence-electron chi connectivity index (χ4n) is 4.92. The van der Waals surface area contributed by atoms with Gasteiger partial charge >= 0.3 is 11.8 Å². The van der Waals surface area contributed by atoms with E-state index >= 15 is 0 Å². The topological polar surface area (TPSA) is 66.4 Å². The van der Waals surface area contributed by atoms with E-state index in [0.717, 1.165) is 36.4 Å². The second kappa shape index (κ2) is 6.15. The molecule has 0 radical (unpaired) electrons. The zero-order valence-corrected chi connectivity index (χ0v) is 15.2. The third kappa shape index (κ3) is 2.71. The molecule has 0 atom stereocenters. The zero-order chi connectivity index (χ0) is 18.4. The first-order valence-corrected chi connectivity index (χ1v) is 9.62. The van der Waals surface area contributed by atoms with Gasteiger partial charge in [0.2, 0.25) is 0 Å². The van der Waals surface area contributed by atoms with Crippen LogP contribution < -0.4 is 0 Å². The van der Waals surface area contributed by atoms with E-state index in [1.54, 1.807) is 17.3 Å². The van der Waals surface area contributed by atoms with Crippen molar-refractivity contribution < 1.29 is 9.59 Å². The Kier molecular flexibility index (Phi) is 3.74. The molecule has 4 fully saturated rings. The first kappa shape index (κ1) is 16.4. The number of fused-ring (bicyclic) bond motifs is 1. The average molecular weight is 362 g/mol. The highest BCUT2D eigenvalue weighted by molar-refractivity contribution is 6.35. The number of benzene rings is 1. The van der Waals surface area contributed by atoms with E-state index in [2.05, 4.69) is 9.97 Å². The summed E-state index contributed by atoms with van der Waals surface area (Å²) in [6.45, 7) is 1.53. The second-order valence-electron chi connectivity index (χ2n) is 7.98. The number of piperazine rings is 1. The van der Waals surface area contributed by atoms with Crippen LogP contribution in [0.15, 0.2) is 42.7 Å². The lowest BCUT2D eigenvalue weighted by Crippen LogP contribution is -2.63. The Morgan fingerprint density at radius 3 is 2.48 bits per heavy atom.